The maximum atomic E-state index is 12.7. The molecule has 0 fully saturated rings. The van der Waals surface area contributed by atoms with Crippen LogP contribution in [0, 0.1) is 0 Å². The molecule has 0 unspecified atom stereocenters. The number of para-hydroxylation sites is 1. The Morgan fingerprint density at radius 2 is 1.55 bits per heavy atom. The van der Waals surface area contributed by atoms with E-state index >= 15 is 0 Å². The minimum atomic E-state index is -4.99. The Bertz CT molecular complexity index is 875. The molecule has 29 heavy (non-hydrogen) atoms. The van der Waals surface area contributed by atoms with E-state index in [1.807, 2.05) is 0 Å². The van der Waals surface area contributed by atoms with Crippen LogP contribution < -0.4 is 24.8 Å². The minimum absolute atomic E-state index is 0.175. The zero-order valence-electron chi connectivity index (χ0n) is 15.8. The van der Waals surface area contributed by atoms with E-state index < -0.39 is 24.5 Å². The fourth-order valence-corrected chi connectivity index (χ4v) is 2.48. The quantitative estimate of drug-likeness (QED) is 0.730. The van der Waals surface area contributed by atoms with Crippen LogP contribution in [0.1, 0.15) is 15.9 Å². The summed E-state index contributed by atoms with van der Waals surface area (Å²) in [5.41, 5.74) is 0.716. The third-order valence-electron chi connectivity index (χ3n) is 3.89. The smallest absolute Gasteiger partial charge is 0.471 e. The highest BCUT2D eigenvalue weighted by molar-refractivity contribution is 6.05. The Balaban J connectivity index is 2.25. The normalized spacial score (nSPS) is 10.8. The van der Waals surface area contributed by atoms with Gasteiger partial charge in [-0.3, -0.25) is 9.59 Å². The van der Waals surface area contributed by atoms with Gasteiger partial charge in [-0.1, -0.05) is 18.2 Å². The number of ether oxygens (including phenoxy) is 3. The average molecular weight is 412 g/mol. The van der Waals surface area contributed by atoms with Gasteiger partial charge in [0.25, 0.3) is 5.91 Å². The number of benzene rings is 2. The van der Waals surface area contributed by atoms with Crippen molar-refractivity contribution in [2.45, 2.75) is 12.7 Å². The number of hydrogen-bond donors (Lipinski definition) is 2. The van der Waals surface area contributed by atoms with Gasteiger partial charge in [0.05, 0.1) is 21.3 Å². The lowest BCUT2D eigenvalue weighted by Crippen LogP contribution is -2.36. The molecule has 0 aliphatic heterocycles. The van der Waals surface area contributed by atoms with Gasteiger partial charge in [-0.25, -0.2) is 0 Å². The van der Waals surface area contributed by atoms with Gasteiger partial charge < -0.3 is 24.8 Å². The molecule has 156 valence electrons. The number of rotatable bonds is 7. The number of halogens is 3. The number of carbonyl (C=O) groups excluding carboxylic acids is 2. The number of amides is 2. The molecule has 2 amide bonds. The molecule has 0 atom stereocenters. The highest BCUT2D eigenvalue weighted by atomic mass is 19.4. The molecule has 0 saturated heterocycles. The second-order valence-corrected chi connectivity index (χ2v) is 5.71. The first kappa shape index (κ1) is 21.9. The van der Waals surface area contributed by atoms with Crippen LogP contribution >= 0.6 is 0 Å². The van der Waals surface area contributed by atoms with E-state index in [1.165, 1.54) is 45.6 Å². The summed E-state index contributed by atoms with van der Waals surface area (Å²) >= 11 is 0. The van der Waals surface area contributed by atoms with Crippen LogP contribution in [0.25, 0.3) is 0 Å². The Hall–Kier alpha value is -3.43. The third kappa shape index (κ3) is 5.31. The van der Waals surface area contributed by atoms with Crippen molar-refractivity contribution in [3.63, 3.8) is 0 Å². The van der Waals surface area contributed by atoms with Crippen LogP contribution in [0.4, 0.5) is 18.9 Å². The minimum Gasteiger partial charge on any atom is -0.493 e. The molecule has 2 rings (SSSR count). The fraction of sp³-hybridized carbons (Fsp3) is 0.263. The predicted octanol–water partition coefficient (Wildman–Crippen LogP) is 3.14. The van der Waals surface area contributed by atoms with E-state index in [-0.39, 0.29) is 22.7 Å². The fourth-order valence-electron chi connectivity index (χ4n) is 2.48. The zero-order chi connectivity index (χ0) is 21.6. The molecule has 0 saturated carbocycles. The van der Waals surface area contributed by atoms with E-state index in [2.05, 4.69) is 5.32 Å². The summed E-state index contributed by atoms with van der Waals surface area (Å²) in [7, 11) is 4.22. The molecule has 0 radical (unpaired) electrons. The van der Waals surface area contributed by atoms with Crippen molar-refractivity contribution in [1.82, 2.24) is 5.32 Å². The Morgan fingerprint density at radius 1 is 0.966 bits per heavy atom. The molecule has 10 heteroatoms. The first-order chi connectivity index (χ1) is 13.7. The van der Waals surface area contributed by atoms with Crippen LogP contribution in [0.3, 0.4) is 0 Å². The van der Waals surface area contributed by atoms with E-state index in [0.717, 1.165) is 0 Å². The van der Waals surface area contributed by atoms with Crippen LogP contribution in [0.15, 0.2) is 36.4 Å². The number of anilines is 1. The molecule has 0 spiro atoms. The molecule has 0 aliphatic carbocycles. The molecule has 0 aliphatic rings. The second kappa shape index (κ2) is 9.18. The van der Waals surface area contributed by atoms with E-state index in [9.17, 15) is 22.8 Å². The van der Waals surface area contributed by atoms with Gasteiger partial charge >= 0.3 is 12.1 Å². The van der Waals surface area contributed by atoms with Gasteiger partial charge in [-0.2, -0.15) is 13.2 Å². The molecule has 0 aromatic heterocycles. The van der Waals surface area contributed by atoms with Crippen LogP contribution in [0.2, 0.25) is 0 Å². The van der Waals surface area contributed by atoms with E-state index in [0.29, 0.717) is 11.3 Å². The maximum Gasteiger partial charge on any atom is 0.471 e. The standard InChI is InChI=1S/C19H19F3N2O5/c1-27-14-8-12(9-15(28-2)16(14)29-3)17(25)24-13-7-5-4-6-11(13)10-23-18(26)19(20,21)22/h4-9H,10H2,1-3H3,(H,23,26)(H,24,25). The summed E-state index contributed by atoms with van der Waals surface area (Å²) in [5, 5.41) is 4.38. The van der Waals surface area contributed by atoms with Gasteiger partial charge in [0.1, 0.15) is 0 Å². The number of methoxy groups -OCH3 is 3. The van der Waals surface area contributed by atoms with Crippen LogP contribution in [-0.2, 0) is 11.3 Å². The first-order valence-electron chi connectivity index (χ1n) is 8.25. The lowest BCUT2D eigenvalue weighted by atomic mass is 10.1. The van der Waals surface area contributed by atoms with Crippen LogP contribution in [0.5, 0.6) is 17.2 Å². The summed E-state index contributed by atoms with van der Waals surface area (Å²) in [4.78, 5) is 23.7. The molecule has 2 aromatic carbocycles. The topological polar surface area (TPSA) is 85.9 Å². The van der Waals surface area contributed by atoms with Crippen molar-refractivity contribution in [3.05, 3.63) is 47.5 Å². The summed E-state index contributed by atoms with van der Waals surface area (Å²) in [5.74, 6) is -1.78. The number of alkyl halides is 3. The van der Waals surface area contributed by atoms with Gasteiger partial charge in [-0.05, 0) is 23.8 Å². The number of nitrogens with one attached hydrogen (secondary N) is 2. The Labute approximate surface area is 164 Å². The molecule has 2 N–H and O–H groups in total. The molecule has 0 bridgehead atoms. The zero-order valence-corrected chi connectivity index (χ0v) is 15.8. The van der Waals surface area contributed by atoms with Crippen molar-refractivity contribution in [1.29, 1.82) is 0 Å². The van der Waals surface area contributed by atoms with Gasteiger partial charge in [0.2, 0.25) is 5.75 Å². The molecular weight excluding hydrogens is 393 g/mol. The average Bonchev–Trinajstić information content (AvgIpc) is 2.70. The van der Waals surface area contributed by atoms with Gasteiger partial charge in [0, 0.05) is 17.8 Å². The predicted molar refractivity (Wildman–Crippen MR) is 98.4 cm³/mol. The molecule has 7 nitrogen and oxygen atoms in total. The number of hydrogen-bond acceptors (Lipinski definition) is 5. The lowest BCUT2D eigenvalue weighted by Gasteiger charge is -2.15. The van der Waals surface area contributed by atoms with Crippen molar-refractivity contribution in [2.75, 3.05) is 26.6 Å². The summed E-state index contributed by atoms with van der Waals surface area (Å²) < 4.78 is 52.7. The van der Waals surface area contributed by atoms with Crippen LogP contribution in [-0.4, -0.2) is 39.3 Å². The summed E-state index contributed by atoms with van der Waals surface area (Å²) in [6, 6.07) is 9.03. The third-order valence-corrected chi connectivity index (χ3v) is 3.89. The van der Waals surface area contributed by atoms with Crippen molar-refractivity contribution in [2.24, 2.45) is 0 Å². The highest BCUT2D eigenvalue weighted by Gasteiger charge is 2.38. The molecule has 0 heterocycles. The maximum absolute atomic E-state index is 12.7. The largest absolute Gasteiger partial charge is 0.493 e. The SMILES string of the molecule is COc1cc(C(=O)Nc2ccccc2CNC(=O)C(F)(F)F)cc(OC)c1OC. The van der Waals surface area contributed by atoms with Crippen molar-refractivity contribution in [3.8, 4) is 17.2 Å². The van der Waals surface area contributed by atoms with Gasteiger partial charge in [-0.15, -0.1) is 0 Å². The monoisotopic (exact) mass is 412 g/mol. The summed E-state index contributed by atoms with van der Waals surface area (Å²) in [6.07, 6.45) is -4.99. The van der Waals surface area contributed by atoms with Crippen molar-refractivity contribution >= 4 is 17.5 Å². The second-order valence-electron chi connectivity index (χ2n) is 5.71. The van der Waals surface area contributed by atoms with E-state index in [1.54, 1.807) is 17.4 Å². The Kier molecular flexibility index (Phi) is 6.92. The van der Waals surface area contributed by atoms with E-state index in [4.69, 9.17) is 14.2 Å². The molecule has 2 aromatic rings. The first-order valence-corrected chi connectivity index (χ1v) is 8.25. The van der Waals surface area contributed by atoms with Crippen molar-refractivity contribution < 1.29 is 37.0 Å². The Morgan fingerprint density at radius 3 is 2.07 bits per heavy atom. The lowest BCUT2D eigenvalue weighted by molar-refractivity contribution is -0.173. The summed E-state index contributed by atoms with van der Waals surface area (Å²) in [6.45, 7) is -0.413. The van der Waals surface area contributed by atoms with Gasteiger partial charge in [0.15, 0.2) is 11.5 Å². The molecular formula is C19H19F3N2O5. The number of carbonyl (C=O) groups is 2. The highest BCUT2D eigenvalue weighted by Crippen LogP contribution is 2.38.